The minimum Gasteiger partial charge on any atom is -0.294 e. The lowest BCUT2D eigenvalue weighted by Crippen LogP contribution is -2.42. The van der Waals surface area contributed by atoms with Crippen molar-refractivity contribution in [2.45, 2.75) is 122 Å². The molecule has 3 saturated carbocycles. The Labute approximate surface area is 238 Å². The highest BCUT2D eigenvalue weighted by Gasteiger charge is 2.57. The van der Waals surface area contributed by atoms with Crippen LogP contribution in [0.25, 0.3) is 0 Å². The van der Waals surface area contributed by atoms with Crippen LogP contribution in [0.4, 0.5) is 0 Å². The molecule has 0 aromatic heterocycles. The molecule has 0 bridgehead atoms. The van der Waals surface area contributed by atoms with Crippen LogP contribution >= 0.6 is 0 Å². The molecule has 3 aliphatic rings. The van der Waals surface area contributed by atoms with Crippen molar-refractivity contribution < 1.29 is 14.4 Å². The Morgan fingerprint density at radius 2 is 0.692 bits per heavy atom. The summed E-state index contributed by atoms with van der Waals surface area (Å²) in [6.45, 7) is 26.2. The standard InChI is InChI=1S/C36H54O3/c1-22-13-16-34(10,31(22,4)5)28(37)25-19-26(29(38)35(11)17-14-23(2)32(35,6)7)21-27(20-25)30(39)36(12)18-15-24(3)33(36,8)9/h19-24H,13-18H2,1-12H3/t22-,23-,24+,34+,35+,36+/m0/s1. The van der Waals surface area contributed by atoms with Crippen LogP contribution in [0.2, 0.25) is 0 Å². The van der Waals surface area contributed by atoms with E-state index in [-0.39, 0.29) is 33.6 Å². The summed E-state index contributed by atoms with van der Waals surface area (Å²) in [5.74, 6) is 1.52. The lowest BCUT2D eigenvalue weighted by molar-refractivity contribution is 0.0539. The molecule has 6 atom stereocenters. The first-order valence-corrected chi connectivity index (χ1v) is 15.5. The molecule has 1 aromatic carbocycles. The maximum Gasteiger partial charge on any atom is 0.169 e. The monoisotopic (exact) mass is 534 g/mol. The van der Waals surface area contributed by atoms with E-state index in [1.807, 2.05) is 18.2 Å². The summed E-state index contributed by atoms with van der Waals surface area (Å²) in [6.07, 6.45) is 5.50. The summed E-state index contributed by atoms with van der Waals surface area (Å²) in [6, 6.07) is 5.50. The van der Waals surface area contributed by atoms with Gasteiger partial charge in [-0.05, 0) is 90.7 Å². The van der Waals surface area contributed by atoms with Crippen molar-refractivity contribution in [3.8, 4) is 0 Å². The molecule has 0 amide bonds. The molecule has 0 heterocycles. The van der Waals surface area contributed by atoms with E-state index < -0.39 is 16.2 Å². The Morgan fingerprint density at radius 1 is 0.487 bits per heavy atom. The maximum absolute atomic E-state index is 14.4. The van der Waals surface area contributed by atoms with E-state index in [1.165, 1.54) is 0 Å². The van der Waals surface area contributed by atoms with E-state index in [0.717, 1.165) is 38.5 Å². The second kappa shape index (κ2) is 9.12. The zero-order valence-corrected chi connectivity index (χ0v) is 26.9. The van der Waals surface area contributed by atoms with Crippen LogP contribution in [0.5, 0.6) is 0 Å². The van der Waals surface area contributed by atoms with Gasteiger partial charge in [-0.2, -0.15) is 0 Å². The second-order valence-corrected chi connectivity index (χ2v) is 16.3. The second-order valence-electron chi connectivity index (χ2n) is 16.3. The Kier molecular flexibility index (Phi) is 7.06. The molecule has 0 radical (unpaired) electrons. The number of benzene rings is 1. The molecular weight excluding hydrogens is 480 g/mol. The van der Waals surface area contributed by atoms with Crippen LogP contribution in [-0.2, 0) is 0 Å². The minimum atomic E-state index is -0.537. The predicted octanol–water partition coefficient (Wildman–Crippen LogP) is 9.62. The molecule has 0 aliphatic heterocycles. The van der Waals surface area contributed by atoms with Crippen molar-refractivity contribution in [2.75, 3.05) is 0 Å². The van der Waals surface area contributed by atoms with Gasteiger partial charge in [0.05, 0.1) is 0 Å². The number of carbonyl (C=O) groups is 3. The number of hydrogen-bond donors (Lipinski definition) is 0. The SMILES string of the molecule is C[C@@H]1CC[C@](C)(C(=O)c2cc(C(=O)[C@@]3(C)CC[C@H](C)C3(C)C)cc(C(=O)[C@@]3(C)CC[C@H](C)C3(C)C)c2)C1(C)C. The summed E-state index contributed by atoms with van der Waals surface area (Å²) in [7, 11) is 0. The highest BCUT2D eigenvalue weighted by atomic mass is 16.1. The topological polar surface area (TPSA) is 51.2 Å². The van der Waals surface area contributed by atoms with Crippen LogP contribution in [0, 0.1) is 50.2 Å². The summed E-state index contributed by atoms with van der Waals surface area (Å²) in [5.41, 5.74) is -0.510. The Bertz CT molecular complexity index is 1040. The van der Waals surface area contributed by atoms with Crippen LogP contribution in [0.1, 0.15) is 153 Å². The minimum absolute atomic E-state index is 0.0777. The third kappa shape index (κ3) is 3.98. The third-order valence-electron chi connectivity index (χ3n) is 14.4. The van der Waals surface area contributed by atoms with Gasteiger partial charge >= 0.3 is 0 Å². The molecule has 0 unspecified atom stereocenters. The lowest BCUT2D eigenvalue weighted by atomic mass is 9.61. The van der Waals surface area contributed by atoms with E-state index in [2.05, 4.69) is 83.1 Å². The van der Waals surface area contributed by atoms with Crippen molar-refractivity contribution in [2.24, 2.45) is 50.2 Å². The quantitative estimate of drug-likeness (QED) is 0.341. The fraction of sp³-hybridized carbons (Fsp3) is 0.750. The first-order chi connectivity index (χ1) is 17.7. The lowest BCUT2D eigenvalue weighted by Gasteiger charge is -2.41. The van der Waals surface area contributed by atoms with Crippen molar-refractivity contribution in [3.63, 3.8) is 0 Å². The van der Waals surface area contributed by atoms with E-state index in [9.17, 15) is 14.4 Å². The van der Waals surface area contributed by atoms with Gasteiger partial charge in [0.15, 0.2) is 17.3 Å². The first-order valence-electron chi connectivity index (χ1n) is 15.5. The smallest absolute Gasteiger partial charge is 0.169 e. The van der Waals surface area contributed by atoms with Crippen molar-refractivity contribution >= 4 is 17.3 Å². The number of carbonyl (C=O) groups excluding carboxylic acids is 3. The maximum atomic E-state index is 14.4. The average Bonchev–Trinajstić information content (AvgIpc) is 3.33. The van der Waals surface area contributed by atoms with Gasteiger partial charge in [-0.25, -0.2) is 0 Å². The molecule has 3 nitrogen and oxygen atoms in total. The van der Waals surface area contributed by atoms with Gasteiger partial charge < -0.3 is 0 Å². The highest BCUT2D eigenvalue weighted by molar-refractivity contribution is 6.10. The van der Waals surface area contributed by atoms with E-state index >= 15 is 0 Å². The zero-order valence-electron chi connectivity index (χ0n) is 26.9. The fourth-order valence-corrected chi connectivity index (χ4v) is 8.39. The highest BCUT2D eigenvalue weighted by Crippen LogP contribution is 2.60. The van der Waals surface area contributed by atoms with Crippen LogP contribution in [-0.4, -0.2) is 17.3 Å². The van der Waals surface area contributed by atoms with Crippen LogP contribution in [0.15, 0.2) is 18.2 Å². The largest absolute Gasteiger partial charge is 0.294 e. The molecule has 216 valence electrons. The summed E-state index contributed by atoms with van der Waals surface area (Å²) in [5, 5.41) is 0. The predicted molar refractivity (Wildman–Crippen MR) is 160 cm³/mol. The molecule has 3 heteroatoms. The van der Waals surface area contributed by atoms with Gasteiger partial charge in [-0.3, -0.25) is 14.4 Å². The normalized spacial score (nSPS) is 38.6. The van der Waals surface area contributed by atoms with Gasteiger partial charge in [0.1, 0.15) is 0 Å². The zero-order chi connectivity index (χ0) is 29.6. The average molecular weight is 535 g/mol. The number of Topliss-reactive ketones (excluding diaryl/α,β-unsaturated/α-hetero) is 3. The summed E-state index contributed by atoms with van der Waals surface area (Å²) >= 11 is 0. The molecule has 1 aromatic rings. The Balaban J connectivity index is 1.88. The molecule has 0 N–H and O–H groups in total. The number of ketones is 3. The molecule has 0 saturated heterocycles. The van der Waals surface area contributed by atoms with Gasteiger partial charge in [0, 0.05) is 32.9 Å². The van der Waals surface area contributed by atoms with Gasteiger partial charge in [0.25, 0.3) is 0 Å². The summed E-state index contributed by atoms with van der Waals surface area (Å²) in [4.78, 5) is 43.3. The number of hydrogen-bond acceptors (Lipinski definition) is 3. The molecule has 3 aliphatic carbocycles. The fourth-order valence-electron chi connectivity index (χ4n) is 8.39. The number of rotatable bonds is 6. The van der Waals surface area contributed by atoms with E-state index in [4.69, 9.17) is 0 Å². The van der Waals surface area contributed by atoms with E-state index in [0.29, 0.717) is 34.4 Å². The summed E-state index contributed by atoms with van der Waals surface area (Å²) < 4.78 is 0. The molecule has 4 rings (SSSR count). The molecule has 3 fully saturated rings. The van der Waals surface area contributed by atoms with Crippen molar-refractivity contribution in [1.29, 1.82) is 0 Å². The molecular formula is C36H54O3. The Morgan fingerprint density at radius 3 is 0.846 bits per heavy atom. The van der Waals surface area contributed by atoms with Crippen molar-refractivity contribution in [1.82, 2.24) is 0 Å². The van der Waals surface area contributed by atoms with E-state index in [1.54, 1.807) is 0 Å². The van der Waals surface area contributed by atoms with Crippen molar-refractivity contribution in [3.05, 3.63) is 34.9 Å². The van der Waals surface area contributed by atoms with Gasteiger partial charge in [-0.15, -0.1) is 0 Å². The van der Waals surface area contributed by atoms with Gasteiger partial charge in [-0.1, -0.05) is 83.1 Å². The molecule has 0 spiro atoms. The van der Waals surface area contributed by atoms with Crippen LogP contribution in [0.3, 0.4) is 0 Å². The van der Waals surface area contributed by atoms with Gasteiger partial charge in [0.2, 0.25) is 0 Å². The molecule has 39 heavy (non-hydrogen) atoms. The third-order valence-corrected chi connectivity index (χ3v) is 14.4. The van der Waals surface area contributed by atoms with Crippen LogP contribution < -0.4 is 0 Å². The Hall–Kier alpha value is -1.77. The first kappa shape index (κ1) is 30.2.